The largest absolute Gasteiger partial charge is 0.131 e. The summed E-state index contributed by atoms with van der Waals surface area (Å²) < 4.78 is -0.479. The number of hydrogen-bond acceptors (Lipinski definition) is 0. The minimum absolute atomic E-state index is 0.173. The molecule has 3 aliphatic rings. The highest BCUT2D eigenvalue weighted by molar-refractivity contribution is 6.52. The molecule has 0 aromatic heterocycles. The molecule has 0 radical (unpaired) electrons. The van der Waals surface area contributed by atoms with Gasteiger partial charge in [-0.3, -0.25) is 0 Å². The standard InChI is InChI=1S/C11H12Cl2/c12-11(13)9-5-1-2-6-10(9,11)8-4-3-7-9/h1-4H,5-8H2. The van der Waals surface area contributed by atoms with Crippen LogP contribution in [-0.2, 0) is 0 Å². The molecule has 13 heavy (non-hydrogen) atoms. The summed E-state index contributed by atoms with van der Waals surface area (Å²) in [6.45, 7) is 0. The van der Waals surface area contributed by atoms with Gasteiger partial charge in [0.2, 0.25) is 0 Å². The molecule has 3 aliphatic carbocycles. The lowest BCUT2D eigenvalue weighted by Gasteiger charge is -2.26. The molecule has 0 aliphatic heterocycles. The third kappa shape index (κ3) is 0.658. The second-order valence-electron chi connectivity index (χ2n) is 4.50. The van der Waals surface area contributed by atoms with Crippen molar-refractivity contribution in [2.75, 3.05) is 0 Å². The van der Waals surface area contributed by atoms with Crippen LogP contribution in [0.15, 0.2) is 24.3 Å². The van der Waals surface area contributed by atoms with E-state index >= 15 is 0 Å². The van der Waals surface area contributed by atoms with Crippen molar-refractivity contribution in [3.8, 4) is 0 Å². The van der Waals surface area contributed by atoms with Gasteiger partial charge in [-0.25, -0.2) is 0 Å². The maximum absolute atomic E-state index is 6.45. The maximum Gasteiger partial charge on any atom is 0.131 e. The number of allylic oxidation sites excluding steroid dienone is 4. The molecule has 2 heteroatoms. The highest BCUT2D eigenvalue weighted by Crippen LogP contribution is 2.85. The molecule has 0 bridgehead atoms. The van der Waals surface area contributed by atoms with E-state index in [1.165, 1.54) is 0 Å². The summed E-state index contributed by atoms with van der Waals surface area (Å²) in [5, 5.41) is 0. The van der Waals surface area contributed by atoms with Crippen molar-refractivity contribution in [2.24, 2.45) is 10.8 Å². The molecule has 0 atom stereocenters. The van der Waals surface area contributed by atoms with Gasteiger partial charge in [-0.2, -0.15) is 0 Å². The zero-order valence-corrected chi connectivity index (χ0v) is 8.91. The molecular formula is C11H12Cl2. The van der Waals surface area contributed by atoms with Gasteiger partial charge in [-0.1, -0.05) is 24.3 Å². The minimum atomic E-state index is -0.479. The first kappa shape index (κ1) is 8.38. The first-order valence-electron chi connectivity index (χ1n) is 4.84. The number of rotatable bonds is 0. The Balaban J connectivity index is 2.11. The van der Waals surface area contributed by atoms with Crippen molar-refractivity contribution in [3.63, 3.8) is 0 Å². The quantitative estimate of drug-likeness (QED) is 0.425. The SMILES string of the molecule is ClC1(Cl)C23CC=CCC12CC=CC3. The molecule has 0 aromatic carbocycles. The molecule has 0 aromatic rings. The van der Waals surface area contributed by atoms with Gasteiger partial charge in [0.05, 0.1) is 0 Å². The second kappa shape index (κ2) is 2.17. The highest BCUT2D eigenvalue weighted by Gasteiger charge is 2.84. The molecule has 0 N–H and O–H groups in total. The van der Waals surface area contributed by atoms with Gasteiger partial charge in [-0.05, 0) is 25.7 Å². The van der Waals surface area contributed by atoms with Crippen LogP contribution in [0.3, 0.4) is 0 Å². The van der Waals surface area contributed by atoms with Gasteiger partial charge in [0.1, 0.15) is 4.33 Å². The van der Waals surface area contributed by atoms with Crippen LogP contribution in [0.2, 0.25) is 0 Å². The van der Waals surface area contributed by atoms with Gasteiger partial charge < -0.3 is 0 Å². The molecule has 0 amide bonds. The molecule has 0 nitrogen and oxygen atoms in total. The maximum atomic E-state index is 6.45. The van der Waals surface area contributed by atoms with Crippen LogP contribution in [0.1, 0.15) is 25.7 Å². The van der Waals surface area contributed by atoms with Crippen LogP contribution in [0.5, 0.6) is 0 Å². The van der Waals surface area contributed by atoms with E-state index in [-0.39, 0.29) is 10.8 Å². The topological polar surface area (TPSA) is 0 Å². The van der Waals surface area contributed by atoms with Crippen molar-refractivity contribution in [1.82, 2.24) is 0 Å². The minimum Gasteiger partial charge on any atom is -0.100 e. The fourth-order valence-corrected chi connectivity index (χ4v) is 4.59. The number of alkyl halides is 2. The van der Waals surface area contributed by atoms with Crippen molar-refractivity contribution in [3.05, 3.63) is 24.3 Å². The Morgan fingerprint density at radius 3 is 1.31 bits per heavy atom. The van der Waals surface area contributed by atoms with Gasteiger partial charge >= 0.3 is 0 Å². The zero-order chi connectivity index (χ0) is 9.16. The first-order chi connectivity index (χ1) is 6.16. The van der Waals surface area contributed by atoms with E-state index in [2.05, 4.69) is 24.3 Å². The highest BCUT2D eigenvalue weighted by atomic mass is 35.5. The van der Waals surface area contributed by atoms with Crippen molar-refractivity contribution in [1.29, 1.82) is 0 Å². The van der Waals surface area contributed by atoms with E-state index in [1.54, 1.807) is 0 Å². The molecular weight excluding hydrogens is 203 g/mol. The third-order valence-electron chi connectivity index (χ3n) is 4.25. The van der Waals surface area contributed by atoms with E-state index in [9.17, 15) is 0 Å². The molecule has 70 valence electrons. The normalized spacial score (nSPS) is 49.7. The fraction of sp³-hybridized carbons (Fsp3) is 0.636. The zero-order valence-electron chi connectivity index (χ0n) is 7.39. The fourth-order valence-electron chi connectivity index (χ4n) is 3.34. The van der Waals surface area contributed by atoms with Gasteiger partial charge in [0.25, 0.3) is 0 Å². The van der Waals surface area contributed by atoms with E-state index in [0.29, 0.717) is 0 Å². The van der Waals surface area contributed by atoms with Gasteiger partial charge in [-0.15, -0.1) is 23.2 Å². The first-order valence-corrected chi connectivity index (χ1v) is 5.60. The smallest absolute Gasteiger partial charge is 0.100 e. The number of halogens is 2. The Morgan fingerprint density at radius 2 is 1.00 bits per heavy atom. The summed E-state index contributed by atoms with van der Waals surface area (Å²) in [6, 6.07) is 0. The average molecular weight is 215 g/mol. The Kier molecular flexibility index (Phi) is 1.40. The second-order valence-corrected chi connectivity index (χ2v) is 5.83. The lowest BCUT2D eigenvalue weighted by atomic mass is 9.76. The van der Waals surface area contributed by atoms with Crippen LogP contribution in [0, 0.1) is 10.8 Å². The van der Waals surface area contributed by atoms with Crippen molar-refractivity contribution < 1.29 is 0 Å². The summed E-state index contributed by atoms with van der Waals surface area (Å²) in [7, 11) is 0. The van der Waals surface area contributed by atoms with Crippen LogP contribution < -0.4 is 0 Å². The van der Waals surface area contributed by atoms with Gasteiger partial charge in [0.15, 0.2) is 0 Å². The predicted molar refractivity (Wildman–Crippen MR) is 56.1 cm³/mol. The van der Waals surface area contributed by atoms with Crippen LogP contribution in [-0.4, -0.2) is 4.33 Å². The Bertz CT molecular complexity index is 266. The van der Waals surface area contributed by atoms with Crippen LogP contribution in [0.4, 0.5) is 0 Å². The lowest BCUT2D eigenvalue weighted by molar-refractivity contribution is 0.315. The summed E-state index contributed by atoms with van der Waals surface area (Å²) in [5.74, 6) is 0. The molecule has 1 saturated carbocycles. The monoisotopic (exact) mass is 214 g/mol. The summed E-state index contributed by atoms with van der Waals surface area (Å²) >= 11 is 12.9. The Hall–Kier alpha value is 0.0600. The number of hydrogen-bond donors (Lipinski definition) is 0. The van der Waals surface area contributed by atoms with Crippen molar-refractivity contribution in [2.45, 2.75) is 30.0 Å². The van der Waals surface area contributed by atoms with E-state index in [0.717, 1.165) is 25.7 Å². The molecule has 0 heterocycles. The van der Waals surface area contributed by atoms with Crippen LogP contribution in [0.25, 0.3) is 0 Å². The summed E-state index contributed by atoms with van der Waals surface area (Å²) in [6.07, 6.45) is 13.2. The van der Waals surface area contributed by atoms with E-state index < -0.39 is 4.33 Å². The summed E-state index contributed by atoms with van der Waals surface area (Å²) in [4.78, 5) is 0. The molecule has 0 saturated heterocycles. The molecule has 0 spiro atoms. The van der Waals surface area contributed by atoms with Gasteiger partial charge in [0, 0.05) is 10.8 Å². The van der Waals surface area contributed by atoms with E-state index in [1.807, 2.05) is 0 Å². The lowest BCUT2D eigenvalue weighted by Crippen LogP contribution is -2.17. The average Bonchev–Trinajstić information content (AvgIpc) is 2.61. The van der Waals surface area contributed by atoms with Crippen LogP contribution >= 0.6 is 23.2 Å². The Labute approximate surface area is 88.6 Å². The molecule has 1 fully saturated rings. The Morgan fingerprint density at radius 1 is 0.692 bits per heavy atom. The van der Waals surface area contributed by atoms with E-state index in [4.69, 9.17) is 23.2 Å². The predicted octanol–water partition coefficient (Wildman–Crippen LogP) is 3.85. The van der Waals surface area contributed by atoms with Crippen molar-refractivity contribution >= 4 is 23.2 Å². The molecule has 0 unspecified atom stereocenters. The third-order valence-corrected chi connectivity index (χ3v) is 5.70. The molecule has 3 rings (SSSR count). The summed E-state index contributed by atoms with van der Waals surface area (Å²) in [5.41, 5.74) is 0.346.